The van der Waals surface area contributed by atoms with Crippen LogP contribution in [0.25, 0.3) is 0 Å². The molecule has 60 valence electrons. The van der Waals surface area contributed by atoms with Crippen molar-refractivity contribution in [1.29, 1.82) is 0 Å². The maximum absolute atomic E-state index is 7.87. The Morgan fingerprint density at radius 1 is 1.45 bits per heavy atom. The topological polar surface area (TPSA) is 26.0 Å². The minimum absolute atomic E-state index is 0.756. The third-order valence-electron chi connectivity index (χ3n) is 1.02. The Labute approximate surface area is 86.5 Å². The van der Waals surface area contributed by atoms with Gasteiger partial charge in [-0.3, -0.25) is 0 Å². The average Bonchev–Trinajstić information content (AvgIpc) is 2.34. The number of nitrogens with two attached hydrogens (primary N) is 1. The molecule has 0 bridgehead atoms. The third-order valence-corrected chi connectivity index (χ3v) is 1.02. The lowest BCUT2D eigenvalue weighted by Gasteiger charge is -2.18. The predicted molar refractivity (Wildman–Crippen MR) is 49.6 cm³/mol. The Kier molecular flexibility index (Phi) is 0.360. The molecule has 0 spiro atoms. The van der Waals surface area contributed by atoms with Crippen LogP contribution in [-0.2, 0) is 5.41 Å². The van der Waals surface area contributed by atoms with Gasteiger partial charge < -0.3 is 5.73 Å². The lowest BCUT2D eigenvalue weighted by Crippen LogP contribution is -2.10. The van der Waals surface area contributed by atoms with E-state index >= 15 is 0 Å². The van der Waals surface area contributed by atoms with E-state index in [0.29, 0.717) is 0 Å². The van der Waals surface area contributed by atoms with Gasteiger partial charge in [0.1, 0.15) is 0 Å². The fourth-order valence-electron chi connectivity index (χ4n) is 0.546. The summed E-state index contributed by atoms with van der Waals surface area (Å²) in [7, 11) is 0. The van der Waals surface area contributed by atoms with E-state index in [9.17, 15) is 0 Å². The molecule has 0 fully saturated rings. The summed E-state index contributed by atoms with van der Waals surface area (Å²) in [5.74, 6) is 0. The summed E-state index contributed by atoms with van der Waals surface area (Å²) >= 11 is 0. The second-order valence-corrected chi connectivity index (χ2v) is 2.04. The molecule has 1 nitrogen and oxygen atoms in total. The van der Waals surface area contributed by atoms with E-state index in [0.717, 1.165) is 0 Å². The predicted octanol–water partition coefficient (Wildman–Crippen LogP) is 2.57. The Bertz CT molecular complexity index is 586. The molecule has 0 aliphatic heterocycles. The number of hydrogen-bond acceptors (Lipinski definition) is 1. The number of anilines is 1. The van der Waals surface area contributed by atoms with Crippen molar-refractivity contribution in [2.45, 2.75) is 26.0 Å². The van der Waals surface area contributed by atoms with Gasteiger partial charge in [0.2, 0.25) is 0 Å². The van der Waals surface area contributed by atoms with Crippen LogP contribution in [0.4, 0.5) is 5.69 Å². The molecule has 0 amide bonds. The van der Waals surface area contributed by atoms with Crippen molar-refractivity contribution in [3.8, 4) is 0 Å². The van der Waals surface area contributed by atoms with Gasteiger partial charge in [0.05, 0.1) is 5.48 Å². The number of nitrogen functional groups attached to an aromatic ring is 1. The van der Waals surface area contributed by atoms with E-state index in [1.807, 2.05) is 0 Å². The van der Waals surface area contributed by atoms with Gasteiger partial charge in [0.15, 0.2) is 0 Å². The van der Waals surface area contributed by atoms with E-state index in [2.05, 4.69) is 0 Å². The molecule has 1 rings (SSSR count). The van der Waals surface area contributed by atoms with E-state index in [4.69, 9.17) is 23.6 Å². The van der Waals surface area contributed by atoms with Gasteiger partial charge in [-0.1, -0.05) is 32.6 Å². The normalized spacial score (nSPS) is 32.2. The van der Waals surface area contributed by atoms with Crippen molar-refractivity contribution in [1.82, 2.24) is 0 Å². The van der Waals surface area contributed by atoms with Gasteiger partial charge in [-0.2, -0.15) is 0 Å². The maximum atomic E-state index is 7.87. The Balaban J connectivity index is 4.27. The average molecular weight is 162 g/mol. The fourth-order valence-corrected chi connectivity index (χ4v) is 0.546. The summed E-state index contributed by atoms with van der Waals surface area (Å²) in [6, 6.07) is -3.89. The van der Waals surface area contributed by atoms with E-state index in [-0.39, 0.29) is 0 Å². The molecule has 11 heavy (non-hydrogen) atoms. The molecule has 1 aromatic rings. The van der Waals surface area contributed by atoms with E-state index in [1.54, 1.807) is 0 Å². The van der Waals surface area contributed by atoms with Crippen LogP contribution >= 0.6 is 0 Å². The summed E-state index contributed by atoms with van der Waals surface area (Å²) in [5, 5.41) is 0. The molecule has 0 atom stereocenters. The zero-order chi connectivity index (χ0) is 19.5. The lowest BCUT2D eigenvalue weighted by atomic mass is 9.87. The Hall–Kier alpha value is -0.980. The molecular weight excluding hydrogens is 134 g/mol. The summed E-state index contributed by atoms with van der Waals surface area (Å²) in [5.41, 5.74) is -0.0987. The molecule has 1 heteroatoms. The molecule has 0 aliphatic rings. The summed E-state index contributed by atoms with van der Waals surface area (Å²) < 4.78 is 99.0. The van der Waals surface area contributed by atoms with Crippen molar-refractivity contribution in [2.24, 2.45) is 0 Å². The van der Waals surface area contributed by atoms with Crippen LogP contribution in [-0.4, -0.2) is 0 Å². The summed E-state index contributed by atoms with van der Waals surface area (Å²) in [6.07, 6.45) is 0. The standard InChI is InChI=1S/C10H15N/c1-10(2,3)8-5-4-6-9(11)7-8/h4-7H,11H2,1-3H3/i1D3,2D3,3D3,4D,5D,6D,7D. The molecule has 2 N–H and O–H groups in total. The van der Waals surface area contributed by atoms with Crippen LogP contribution in [0, 0.1) is 0 Å². The van der Waals surface area contributed by atoms with Crippen LogP contribution < -0.4 is 5.73 Å². The molecule has 0 heterocycles. The van der Waals surface area contributed by atoms with Crippen molar-refractivity contribution in [3.63, 3.8) is 0 Å². The summed E-state index contributed by atoms with van der Waals surface area (Å²) in [6.45, 7) is -11.0. The summed E-state index contributed by atoms with van der Waals surface area (Å²) in [4.78, 5) is 0. The van der Waals surface area contributed by atoms with Crippen LogP contribution in [0.5, 0.6) is 0 Å². The minimum atomic E-state index is -3.67. The zero-order valence-corrected chi connectivity index (χ0v) is 5.58. The molecule has 0 saturated carbocycles. The minimum Gasteiger partial charge on any atom is -0.399 e. The molecule has 0 aromatic heterocycles. The van der Waals surface area contributed by atoms with Crippen molar-refractivity contribution in [2.75, 3.05) is 5.73 Å². The van der Waals surface area contributed by atoms with Crippen molar-refractivity contribution < 1.29 is 17.8 Å². The monoisotopic (exact) mass is 162 g/mol. The molecule has 0 radical (unpaired) electrons. The fraction of sp³-hybridized carbons (Fsp3) is 0.400. The molecule has 0 saturated heterocycles. The smallest absolute Gasteiger partial charge is 0.0648 e. The van der Waals surface area contributed by atoms with Gasteiger partial charge in [0.25, 0.3) is 0 Å². The molecule has 1 aromatic carbocycles. The van der Waals surface area contributed by atoms with Gasteiger partial charge >= 0.3 is 0 Å². The van der Waals surface area contributed by atoms with Gasteiger partial charge in [0, 0.05) is 18.0 Å². The highest BCUT2D eigenvalue weighted by atomic mass is 14.5. The maximum Gasteiger partial charge on any atom is 0.0648 e. The van der Waals surface area contributed by atoms with Gasteiger partial charge in [-0.25, -0.2) is 0 Å². The first-order valence-electron chi connectivity index (χ1n) is 9.29. The van der Waals surface area contributed by atoms with Crippen molar-refractivity contribution in [3.05, 3.63) is 29.7 Å². The second kappa shape index (κ2) is 2.57. The first-order chi connectivity index (χ1) is 10.4. The molecule has 0 unspecified atom stereocenters. The largest absolute Gasteiger partial charge is 0.399 e. The van der Waals surface area contributed by atoms with E-state index < -0.39 is 61.4 Å². The second-order valence-electron chi connectivity index (χ2n) is 2.04. The Morgan fingerprint density at radius 2 is 2.18 bits per heavy atom. The van der Waals surface area contributed by atoms with Crippen molar-refractivity contribution >= 4 is 5.69 Å². The highest BCUT2D eigenvalue weighted by molar-refractivity contribution is 5.42. The lowest BCUT2D eigenvalue weighted by molar-refractivity contribution is 0.590. The van der Waals surface area contributed by atoms with Crippen LogP contribution in [0.1, 0.15) is 43.9 Å². The number of hydrogen-bond donors (Lipinski definition) is 1. The van der Waals surface area contributed by atoms with Gasteiger partial charge in [-0.05, 0) is 23.1 Å². The van der Waals surface area contributed by atoms with Crippen LogP contribution in [0.3, 0.4) is 0 Å². The van der Waals surface area contributed by atoms with Crippen LogP contribution in [0.15, 0.2) is 24.2 Å². The first-order valence-corrected chi connectivity index (χ1v) is 2.79. The molecular formula is C10H15N. The quantitative estimate of drug-likeness (QED) is 0.583. The SMILES string of the molecule is [2H]c1c([2H])c(N)c([2H])c(C(C([2H])([2H])[2H])(C([2H])([2H])[2H])C([2H])([2H])[2H])c1[2H]. The first kappa shape index (κ1) is 1.54. The van der Waals surface area contributed by atoms with Gasteiger partial charge in [-0.15, -0.1) is 0 Å². The highest BCUT2D eigenvalue weighted by Gasteiger charge is 2.12. The van der Waals surface area contributed by atoms with Crippen LogP contribution in [0.2, 0.25) is 0 Å². The highest BCUT2D eigenvalue weighted by Crippen LogP contribution is 2.23. The Morgan fingerprint density at radius 3 is 2.82 bits per heavy atom. The number of benzene rings is 1. The van der Waals surface area contributed by atoms with E-state index in [1.165, 1.54) is 0 Å². The molecule has 0 aliphatic carbocycles. The third kappa shape index (κ3) is 1.97. The zero-order valence-electron chi connectivity index (χ0n) is 18.6. The number of rotatable bonds is 0.